The molecule has 2 aromatic rings. The van der Waals surface area contributed by atoms with Gasteiger partial charge in [-0.15, -0.1) is 0 Å². The first kappa shape index (κ1) is 8.26. The number of hydrogen-bond donors (Lipinski definition) is 0. The van der Waals surface area contributed by atoms with Crippen molar-refractivity contribution < 1.29 is 4.39 Å². The van der Waals surface area contributed by atoms with E-state index in [1.807, 2.05) is 0 Å². The van der Waals surface area contributed by atoms with Crippen LogP contribution in [0.25, 0.3) is 5.69 Å². The first-order valence-corrected chi connectivity index (χ1v) is 4.10. The van der Waals surface area contributed by atoms with Gasteiger partial charge in [0.1, 0.15) is 5.82 Å². The van der Waals surface area contributed by atoms with Gasteiger partial charge in [-0.3, -0.25) is 0 Å². The van der Waals surface area contributed by atoms with E-state index in [-0.39, 0.29) is 5.02 Å². The van der Waals surface area contributed by atoms with Crippen molar-refractivity contribution in [2.45, 2.75) is 0 Å². The van der Waals surface area contributed by atoms with Gasteiger partial charge in [0.25, 0.3) is 0 Å². The van der Waals surface area contributed by atoms with Crippen molar-refractivity contribution in [1.29, 1.82) is 0 Å². The van der Waals surface area contributed by atoms with E-state index in [1.165, 1.54) is 12.1 Å². The lowest BCUT2D eigenvalue weighted by molar-refractivity contribution is 0.627. The number of aromatic nitrogens is 2. The van der Waals surface area contributed by atoms with Crippen LogP contribution in [0.1, 0.15) is 0 Å². The van der Waals surface area contributed by atoms with Crippen molar-refractivity contribution in [3.63, 3.8) is 0 Å². The van der Waals surface area contributed by atoms with Gasteiger partial charge in [-0.05, 0) is 24.3 Å². The van der Waals surface area contributed by atoms with E-state index in [0.717, 1.165) is 5.69 Å². The highest BCUT2D eigenvalue weighted by atomic mass is 35.5. The number of rotatable bonds is 1. The molecular weight excluding hydrogens is 191 g/mol. The second-order valence-corrected chi connectivity index (χ2v) is 2.96. The zero-order valence-electron chi connectivity index (χ0n) is 6.61. The normalized spacial score (nSPS) is 10.3. The zero-order chi connectivity index (χ0) is 9.26. The molecule has 0 aliphatic carbocycles. The molecule has 0 fully saturated rings. The Morgan fingerprint density at radius 3 is 2.85 bits per heavy atom. The van der Waals surface area contributed by atoms with E-state index < -0.39 is 5.82 Å². The summed E-state index contributed by atoms with van der Waals surface area (Å²) in [6.45, 7) is 0. The molecule has 0 radical (unpaired) electrons. The van der Waals surface area contributed by atoms with Crippen LogP contribution in [0.15, 0.2) is 36.7 Å². The molecule has 1 aromatic carbocycles. The number of benzene rings is 1. The molecule has 0 amide bonds. The highest BCUT2D eigenvalue weighted by Gasteiger charge is 2.01. The average molecular weight is 197 g/mol. The summed E-state index contributed by atoms with van der Waals surface area (Å²) in [5.74, 6) is -0.419. The standard InChI is InChI=1S/C9H6ClFN2/c10-8-6-7(2-3-9(8)11)13-5-1-4-12-13/h1-6H. The minimum Gasteiger partial charge on any atom is -0.241 e. The van der Waals surface area contributed by atoms with Gasteiger partial charge in [0, 0.05) is 12.4 Å². The molecule has 0 unspecified atom stereocenters. The van der Waals surface area contributed by atoms with Crippen molar-refractivity contribution in [2.75, 3.05) is 0 Å². The second-order valence-electron chi connectivity index (χ2n) is 2.55. The summed E-state index contributed by atoms with van der Waals surface area (Å²) in [5, 5.41) is 4.10. The molecule has 0 saturated carbocycles. The maximum absolute atomic E-state index is 12.8. The number of halogens is 2. The summed E-state index contributed by atoms with van der Waals surface area (Å²) >= 11 is 5.61. The van der Waals surface area contributed by atoms with Crippen molar-refractivity contribution in [1.82, 2.24) is 9.78 Å². The highest BCUT2D eigenvalue weighted by molar-refractivity contribution is 6.30. The van der Waals surface area contributed by atoms with Crippen LogP contribution < -0.4 is 0 Å². The molecule has 2 nitrogen and oxygen atoms in total. The van der Waals surface area contributed by atoms with Crippen LogP contribution in [0.5, 0.6) is 0 Å². The summed E-state index contributed by atoms with van der Waals surface area (Å²) in [6.07, 6.45) is 3.42. The zero-order valence-corrected chi connectivity index (χ0v) is 7.37. The van der Waals surface area contributed by atoms with Gasteiger partial charge >= 0.3 is 0 Å². The second kappa shape index (κ2) is 3.18. The highest BCUT2D eigenvalue weighted by Crippen LogP contribution is 2.17. The van der Waals surface area contributed by atoms with Gasteiger partial charge < -0.3 is 0 Å². The predicted octanol–water partition coefficient (Wildman–Crippen LogP) is 2.66. The maximum atomic E-state index is 12.8. The van der Waals surface area contributed by atoms with E-state index in [1.54, 1.807) is 29.2 Å². The van der Waals surface area contributed by atoms with Crippen LogP contribution in [0.3, 0.4) is 0 Å². The monoisotopic (exact) mass is 196 g/mol. The van der Waals surface area contributed by atoms with Crippen molar-refractivity contribution in [3.05, 3.63) is 47.5 Å². The third-order valence-corrected chi connectivity index (χ3v) is 1.96. The van der Waals surface area contributed by atoms with Crippen LogP contribution in [-0.4, -0.2) is 9.78 Å². The maximum Gasteiger partial charge on any atom is 0.141 e. The minimum atomic E-state index is -0.419. The predicted molar refractivity (Wildman–Crippen MR) is 48.5 cm³/mol. The molecule has 0 aliphatic heterocycles. The molecule has 1 aromatic heterocycles. The average Bonchev–Trinajstić information content (AvgIpc) is 2.62. The Kier molecular flexibility index (Phi) is 2.02. The SMILES string of the molecule is Fc1ccc(-n2cccn2)cc1Cl. The lowest BCUT2D eigenvalue weighted by Crippen LogP contribution is -1.94. The Balaban J connectivity index is 2.49. The third-order valence-electron chi connectivity index (χ3n) is 1.67. The summed E-state index contributed by atoms with van der Waals surface area (Å²) in [6, 6.07) is 6.26. The molecule has 0 atom stereocenters. The minimum absolute atomic E-state index is 0.105. The van der Waals surface area contributed by atoms with Crippen LogP contribution in [0.2, 0.25) is 5.02 Å². The number of hydrogen-bond acceptors (Lipinski definition) is 1. The lowest BCUT2D eigenvalue weighted by atomic mass is 10.3. The molecular formula is C9H6ClFN2. The Bertz CT molecular complexity index is 412. The molecule has 2 rings (SSSR count). The molecule has 0 N–H and O–H groups in total. The van der Waals surface area contributed by atoms with Gasteiger partial charge in [0.05, 0.1) is 10.7 Å². The summed E-state index contributed by atoms with van der Waals surface area (Å²) in [4.78, 5) is 0. The molecule has 1 heterocycles. The van der Waals surface area contributed by atoms with Crippen LogP contribution >= 0.6 is 11.6 Å². The lowest BCUT2D eigenvalue weighted by Gasteiger charge is -2.01. The van der Waals surface area contributed by atoms with Crippen molar-refractivity contribution >= 4 is 11.6 Å². The fourth-order valence-corrected chi connectivity index (χ4v) is 1.22. The molecule has 0 bridgehead atoms. The Labute approximate surface area is 79.6 Å². The fourth-order valence-electron chi connectivity index (χ4n) is 1.05. The summed E-state index contributed by atoms with van der Waals surface area (Å²) in [5.41, 5.74) is 0.747. The summed E-state index contributed by atoms with van der Waals surface area (Å²) in [7, 11) is 0. The number of nitrogens with zero attached hydrogens (tertiary/aromatic N) is 2. The van der Waals surface area contributed by atoms with Crippen molar-refractivity contribution in [3.8, 4) is 5.69 Å². The fraction of sp³-hybridized carbons (Fsp3) is 0. The Morgan fingerprint density at radius 1 is 1.38 bits per heavy atom. The van der Waals surface area contributed by atoms with E-state index >= 15 is 0 Å². The Hall–Kier alpha value is -1.35. The molecule has 4 heteroatoms. The molecule has 66 valence electrons. The quantitative estimate of drug-likeness (QED) is 0.686. The third kappa shape index (κ3) is 1.55. The van der Waals surface area contributed by atoms with Crippen molar-refractivity contribution in [2.24, 2.45) is 0 Å². The molecule has 0 saturated heterocycles. The molecule has 0 aliphatic rings. The van der Waals surface area contributed by atoms with E-state index in [9.17, 15) is 4.39 Å². The van der Waals surface area contributed by atoms with E-state index in [0.29, 0.717) is 0 Å². The smallest absolute Gasteiger partial charge is 0.141 e. The van der Waals surface area contributed by atoms with E-state index in [2.05, 4.69) is 5.10 Å². The van der Waals surface area contributed by atoms with Gasteiger partial charge in [0.15, 0.2) is 0 Å². The van der Waals surface area contributed by atoms with Crippen LogP contribution in [-0.2, 0) is 0 Å². The summed E-state index contributed by atoms with van der Waals surface area (Å²) < 4.78 is 14.4. The first-order chi connectivity index (χ1) is 6.27. The largest absolute Gasteiger partial charge is 0.241 e. The molecule has 13 heavy (non-hydrogen) atoms. The van der Waals surface area contributed by atoms with Gasteiger partial charge in [-0.1, -0.05) is 11.6 Å². The van der Waals surface area contributed by atoms with E-state index in [4.69, 9.17) is 11.6 Å². The Morgan fingerprint density at radius 2 is 2.23 bits per heavy atom. The van der Waals surface area contributed by atoms with Gasteiger partial charge in [-0.2, -0.15) is 5.10 Å². The van der Waals surface area contributed by atoms with Crippen LogP contribution in [0, 0.1) is 5.82 Å². The topological polar surface area (TPSA) is 17.8 Å². The molecule has 0 spiro atoms. The van der Waals surface area contributed by atoms with Gasteiger partial charge in [0.2, 0.25) is 0 Å². The van der Waals surface area contributed by atoms with Gasteiger partial charge in [-0.25, -0.2) is 9.07 Å². The first-order valence-electron chi connectivity index (χ1n) is 3.72. The van der Waals surface area contributed by atoms with Crippen LogP contribution in [0.4, 0.5) is 4.39 Å².